The van der Waals surface area contributed by atoms with Gasteiger partial charge in [-0.05, 0) is 37.1 Å². The molecule has 0 radical (unpaired) electrons. The van der Waals surface area contributed by atoms with Gasteiger partial charge in [-0.3, -0.25) is 4.57 Å². The molecule has 2 heterocycles. The number of esters is 2. The minimum Gasteiger partial charge on any atom is -0.459 e. The Bertz CT molecular complexity index is 1230. The summed E-state index contributed by atoms with van der Waals surface area (Å²) >= 11 is 0. The zero-order valence-electron chi connectivity index (χ0n) is 19.7. The highest BCUT2D eigenvalue weighted by Crippen LogP contribution is 2.41. The van der Waals surface area contributed by atoms with Crippen LogP contribution in [0.1, 0.15) is 46.6 Å². The van der Waals surface area contributed by atoms with Crippen molar-refractivity contribution in [1.82, 2.24) is 14.5 Å². The predicted molar refractivity (Wildman–Crippen MR) is 126 cm³/mol. The number of carbonyl (C=O) groups excluding carboxylic acids is 2. The molecule has 4 rings (SSSR count). The molecule has 4 unspecified atom stereocenters. The van der Waals surface area contributed by atoms with Gasteiger partial charge < -0.3 is 14.2 Å². The SMILES string of the molecule is Cc1ncn(C2OC(COC(=O)c3ccccc3)C(OC(=O)c3ccccc3)C2C(C)C)c(=O)n1. The van der Waals surface area contributed by atoms with E-state index in [1.165, 1.54) is 10.9 Å². The molecule has 1 aliphatic heterocycles. The van der Waals surface area contributed by atoms with Crippen LogP contribution in [0, 0.1) is 18.8 Å². The molecule has 182 valence electrons. The van der Waals surface area contributed by atoms with Gasteiger partial charge in [-0.15, -0.1) is 0 Å². The van der Waals surface area contributed by atoms with E-state index in [-0.39, 0.29) is 12.5 Å². The lowest BCUT2D eigenvalue weighted by atomic mass is 9.88. The zero-order valence-corrected chi connectivity index (χ0v) is 19.7. The van der Waals surface area contributed by atoms with E-state index in [0.717, 1.165) is 0 Å². The number of hydrogen-bond acceptors (Lipinski definition) is 8. The van der Waals surface area contributed by atoms with E-state index in [0.29, 0.717) is 17.0 Å². The number of carbonyl (C=O) groups is 2. The number of benzene rings is 2. The summed E-state index contributed by atoms with van der Waals surface area (Å²) in [7, 11) is 0. The lowest BCUT2D eigenvalue weighted by Gasteiger charge is -2.27. The fraction of sp³-hybridized carbons (Fsp3) is 0.346. The van der Waals surface area contributed by atoms with Gasteiger partial charge in [0.15, 0.2) is 0 Å². The first kappa shape index (κ1) is 24.3. The molecular weight excluding hydrogens is 450 g/mol. The molecule has 0 spiro atoms. The van der Waals surface area contributed by atoms with Gasteiger partial charge in [0.2, 0.25) is 0 Å². The summed E-state index contributed by atoms with van der Waals surface area (Å²) in [6.45, 7) is 5.35. The van der Waals surface area contributed by atoms with E-state index in [4.69, 9.17) is 14.2 Å². The average molecular weight is 478 g/mol. The van der Waals surface area contributed by atoms with E-state index in [2.05, 4.69) is 9.97 Å². The molecule has 9 nitrogen and oxygen atoms in total. The van der Waals surface area contributed by atoms with Crippen LogP contribution in [-0.4, -0.2) is 45.3 Å². The summed E-state index contributed by atoms with van der Waals surface area (Å²) in [4.78, 5) is 46.2. The number of aryl methyl sites for hydroxylation is 1. The third-order valence-electron chi connectivity index (χ3n) is 5.92. The van der Waals surface area contributed by atoms with Crippen LogP contribution >= 0.6 is 0 Å². The standard InChI is InChI=1S/C26H27N3O6/c1-16(2)21-22(35-25(31)19-12-8-5-9-13-19)20(14-33-24(30)18-10-6-4-7-11-18)34-23(21)29-15-27-17(3)28-26(29)32/h4-13,15-16,20-23H,14H2,1-3H3. The molecule has 35 heavy (non-hydrogen) atoms. The third-order valence-corrected chi connectivity index (χ3v) is 5.92. The fourth-order valence-corrected chi connectivity index (χ4v) is 4.18. The molecule has 0 amide bonds. The average Bonchev–Trinajstić information content (AvgIpc) is 3.21. The summed E-state index contributed by atoms with van der Waals surface area (Å²) in [5.74, 6) is -1.20. The van der Waals surface area contributed by atoms with Crippen LogP contribution in [0.25, 0.3) is 0 Å². The Morgan fingerprint density at radius 3 is 2.17 bits per heavy atom. The minimum atomic E-state index is -0.808. The number of rotatable bonds is 7. The maximum absolute atomic E-state index is 12.9. The maximum Gasteiger partial charge on any atom is 0.352 e. The molecule has 1 aliphatic rings. The second-order valence-electron chi connectivity index (χ2n) is 8.68. The molecule has 2 aromatic carbocycles. The minimum absolute atomic E-state index is 0.0587. The highest BCUT2D eigenvalue weighted by Gasteiger charge is 2.50. The van der Waals surface area contributed by atoms with Gasteiger partial charge in [-0.25, -0.2) is 19.4 Å². The topological polar surface area (TPSA) is 110 Å². The van der Waals surface area contributed by atoms with Crippen molar-refractivity contribution in [3.8, 4) is 0 Å². The van der Waals surface area contributed by atoms with Crippen molar-refractivity contribution in [2.24, 2.45) is 11.8 Å². The molecule has 9 heteroatoms. The van der Waals surface area contributed by atoms with Gasteiger partial charge in [-0.1, -0.05) is 50.2 Å². The smallest absolute Gasteiger partial charge is 0.352 e. The van der Waals surface area contributed by atoms with Crippen molar-refractivity contribution in [3.63, 3.8) is 0 Å². The monoisotopic (exact) mass is 477 g/mol. The molecule has 0 saturated carbocycles. The first-order valence-corrected chi connectivity index (χ1v) is 11.4. The molecule has 0 aliphatic carbocycles. The van der Waals surface area contributed by atoms with Gasteiger partial charge >= 0.3 is 17.6 Å². The Hall–Kier alpha value is -3.85. The van der Waals surface area contributed by atoms with Crippen molar-refractivity contribution in [1.29, 1.82) is 0 Å². The first-order valence-electron chi connectivity index (χ1n) is 11.4. The van der Waals surface area contributed by atoms with E-state index >= 15 is 0 Å². The molecule has 3 aromatic rings. The molecule has 4 atom stereocenters. The predicted octanol–water partition coefficient (Wildman–Crippen LogP) is 3.20. The van der Waals surface area contributed by atoms with Crippen LogP contribution in [-0.2, 0) is 14.2 Å². The second-order valence-corrected chi connectivity index (χ2v) is 8.68. The van der Waals surface area contributed by atoms with Crippen LogP contribution in [0.15, 0.2) is 71.8 Å². The van der Waals surface area contributed by atoms with Gasteiger partial charge in [0.25, 0.3) is 0 Å². The van der Waals surface area contributed by atoms with Crippen molar-refractivity contribution in [2.45, 2.75) is 39.2 Å². The first-order chi connectivity index (χ1) is 16.8. The Morgan fingerprint density at radius 2 is 1.60 bits per heavy atom. The van der Waals surface area contributed by atoms with Crippen molar-refractivity contribution in [3.05, 3.63) is 94.4 Å². The van der Waals surface area contributed by atoms with E-state index in [1.54, 1.807) is 67.6 Å². The van der Waals surface area contributed by atoms with Crippen LogP contribution in [0.2, 0.25) is 0 Å². The van der Waals surface area contributed by atoms with E-state index in [9.17, 15) is 14.4 Å². The van der Waals surface area contributed by atoms with Gasteiger partial charge in [0.1, 0.15) is 37.2 Å². The Morgan fingerprint density at radius 1 is 1.00 bits per heavy atom. The third kappa shape index (κ3) is 5.46. The lowest BCUT2D eigenvalue weighted by Crippen LogP contribution is -2.39. The highest BCUT2D eigenvalue weighted by molar-refractivity contribution is 5.90. The molecule has 0 N–H and O–H groups in total. The normalized spacial score (nSPS) is 21.6. The van der Waals surface area contributed by atoms with Crippen molar-refractivity contribution >= 4 is 11.9 Å². The number of aromatic nitrogens is 3. The largest absolute Gasteiger partial charge is 0.459 e. The highest BCUT2D eigenvalue weighted by atomic mass is 16.6. The summed E-state index contributed by atoms with van der Waals surface area (Å²) in [6.07, 6.45) is -1.03. The molecular formula is C26H27N3O6. The fourth-order valence-electron chi connectivity index (χ4n) is 4.18. The van der Waals surface area contributed by atoms with Crippen LogP contribution < -0.4 is 5.69 Å². The quantitative estimate of drug-likeness (QED) is 0.477. The molecule has 1 fully saturated rings. The number of nitrogens with zero attached hydrogens (tertiary/aromatic N) is 3. The van der Waals surface area contributed by atoms with Crippen LogP contribution in [0.5, 0.6) is 0 Å². The summed E-state index contributed by atoms with van der Waals surface area (Å²) in [6, 6.07) is 17.2. The van der Waals surface area contributed by atoms with Gasteiger partial charge in [0.05, 0.1) is 11.1 Å². The summed E-state index contributed by atoms with van der Waals surface area (Å²) < 4.78 is 18.9. The number of ether oxygens (including phenoxy) is 3. The van der Waals surface area contributed by atoms with Crippen LogP contribution in [0.4, 0.5) is 0 Å². The number of hydrogen-bond donors (Lipinski definition) is 0. The zero-order chi connectivity index (χ0) is 24.9. The summed E-state index contributed by atoms with van der Waals surface area (Å²) in [5.41, 5.74) is 0.251. The van der Waals surface area contributed by atoms with Crippen molar-refractivity contribution < 1.29 is 23.8 Å². The Labute approximate surface area is 202 Å². The van der Waals surface area contributed by atoms with Gasteiger partial charge in [-0.2, -0.15) is 4.98 Å². The second kappa shape index (κ2) is 10.6. The molecule has 1 aromatic heterocycles. The Kier molecular flexibility index (Phi) is 7.36. The van der Waals surface area contributed by atoms with E-state index in [1.807, 2.05) is 13.8 Å². The Balaban J connectivity index is 1.63. The van der Waals surface area contributed by atoms with E-state index < -0.39 is 42.0 Å². The molecule has 1 saturated heterocycles. The van der Waals surface area contributed by atoms with Gasteiger partial charge in [0, 0.05) is 5.92 Å². The lowest BCUT2D eigenvalue weighted by molar-refractivity contribution is -0.0596. The van der Waals surface area contributed by atoms with Crippen molar-refractivity contribution in [2.75, 3.05) is 6.61 Å². The maximum atomic E-state index is 12.9. The molecule has 0 bridgehead atoms. The van der Waals surface area contributed by atoms with Crippen LogP contribution in [0.3, 0.4) is 0 Å². The summed E-state index contributed by atoms with van der Waals surface area (Å²) in [5, 5.41) is 0.